The molecule has 0 radical (unpaired) electrons. The van der Waals surface area contributed by atoms with Gasteiger partial charge in [-0.15, -0.1) is 0 Å². The van der Waals surface area contributed by atoms with Crippen LogP contribution >= 0.6 is 0 Å². The highest BCUT2D eigenvalue weighted by molar-refractivity contribution is 5.47. The van der Waals surface area contributed by atoms with Crippen molar-refractivity contribution in [3.05, 3.63) is 66.0 Å². The molecule has 1 aromatic carbocycles. The first-order chi connectivity index (χ1) is 12.6. The van der Waals surface area contributed by atoms with Gasteiger partial charge in [0, 0.05) is 5.41 Å². The molecule has 2 nitrogen and oxygen atoms in total. The van der Waals surface area contributed by atoms with Crippen molar-refractivity contribution in [1.82, 2.24) is 0 Å². The Morgan fingerprint density at radius 3 is 2.12 bits per heavy atom. The molecule has 4 aliphatic carbocycles. The highest BCUT2D eigenvalue weighted by Crippen LogP contribution is 2.65. The number of hydrogen-bond acceptors (Lipinski definition) is 2. The van der Waals surface area contributed by atoms with Crippen LogP contribution in [-0.2, 0) is 10.2 Å². The van der Waals surface area contributed by atoms with Gasteiger partial charge in [0.15, 0.2) is 0 Å². The Hall–Kier alpha value is -1.96. The van der Waals surface area contributed by atoms with Gasteiger partial charge in [-0.25, -0.2) is 0 Å². The maximum Gasteiger partial charge on any atom is 0.115 e. The van der Waals surface area contributed by atoms with E-state index in [1.807, 2.05) is 25.1 Å². The smallest absolute Gasteiger partial charge is 0.115 e. The summed E-state index contributed by atoms with van der Waals surface area (Å²) < 4.78 is 5.41. The van der Waals surface area contributed by atoms with Crippen molar-refractivity contribution in [3.63, 3.8) is 0 Å². The molecule has 4 fully saturated rings. The summed E-state index contributed by atoms with van der Waals surface area (Å²) in [6.07, 6.45) is 12.9. The van der Waals surface area contributed by atoms with Crippen molar-refractivity contribution >= 4 is 0 Å². The molecule has 1 N–H and O–H groups in total. The first kappa shape index (κ1) is 17.5. The number of allylic oxidation sites excluding steroid dienone is 4. The lowest BCUT2D eigenvalue weighted by Gasteiger charge is -2.62. The number of methoxy groups -OCH3 is 1. The second kappa shape index (κ2) is 6.64. The molecule has 0 aromatic heterocycles. The highest BCUT2D eigenvalue weighted by atomic mass is 16.5. The molecule has 0 amide bonds. The quantitative estimate of drug-likeness (QED) is 0.541. The molecule has 5 rings (SSSR count). The van der Waals surface area contributed by atoms with Gasteiger partial charge >= 0.3 is 0 Å². The van der Waals surface area contributed by atoms with Gasteiger partial charge in [0.1, 0.15) is 11.5 Å². The minimum Gasteiger partial charge on any atom is -0.508 e. The van der Waals surface area contributed by atoms with E-state index < -0.39 is 0 Å². The van der Waals surface area contributed by atoms with Gasteiger partial charge in [-0.3, -0.25) is 0 Å². The predicted molar refractivity (Wildman–Crippen MR) is 106 cm³/mol. The predicted octanol–water partition coefficient (Wildman–Crippen LogP) is 5.75. The molecule has 0 heterocycles. The fourth-order valence-electron chi connectivity index (χ4n) is 6.45. The normalized spacial score (nSPS) is 35.8. The molecule has 0 spiro atoms. The van der Waals surface area contributed by atoms with Crippen molar-refractivity contribution in [1.29, 1.82) is 0 Å². The lowest BCUT2D eigenvalue weighted by atomic mass is 9.42. The van der Waals surface area contributed by atoms with E-state index in [4.69, 9.17) is 4.74 Å². The third-order valence-electron chi connectivity index (χ3n) is 7.27. The number of hydrogen-bond donors (Lipinski definition) is 1. The summed E-state index contributed by atoms with van der Waals surface area (Å²) >= 11 is 0. The van der Waals surface area contributed by atoms with E-state index in [1.165, 1.54) is 43.2 Å². The van der Waals surface area contributed by atoms with Crippen LogP contribution in [0.25, 0.3) is 0 Å². The standard InChI is InChI=1S/C24H30O2/c1-4-23(26-3)10-5-16(2)24(19-6-8-22(25)9-7-19)20-12-17-11-18(14-20)15-21(24)13-17/h4-10,17-18,20-21,25H,2,11-15H2,1,3H3/b10-5-,23-4+. The fraction of sp³-hybridized carbons (Fsp3) is 0.500. The first-order valence-corrected chi connectivity index (χ1v) is 9.95. The first-order valence-electron chi connectivity index (χ1n) is 9.95. The van der Waals surface area contributed by atoms with Crippen molar-refractivity contribution < 1.29 is 9.84 Å². The Bertz CT molecular complexity index is 710. The van der Waals surface area contributed by atoms with Gasteiger partial charge in [0.05, 0.1) is 7.11 Å². The number of benzene rings is 1. The minimum atomic E-state index is 0.00418. The largest absolute Gasteiger partial charge is 0.508 e. The summed E-state index contributed by atoms with van der Waals surface area (Å²) in [5.74, 6) is 4.35. The number of phenols is 1. The molecule has 4 saturated carbocycles. The lowest BCUT2D eigenvalue weighted by Crippen LogP contribution is -2.56. The van der Waals surface area contributed by atoms with Crippen LogP contribution < -0.4 is 0 Å². The van der Waals surface area contributed by atoms with Gasteiger partial charge in [-0.1, -0.05) is 24.8 Å². The van der Waals surface area contributed by atoms with Gasteiger partial charge in [0.25, 0.3) is 0 Å². The van der Waals surface area contributed by atoms with Crippen LogP contribution in [-0.4, -0.2) is 12.2 Å². The van der Waals surface area contributed by atoms with Gasteiger partial charge < -0.3 is 9.84 Å². The second-order valence-electron chi connectivity index (χ2n) is 8.47. The topological polar surface area (TPSA) is 29.5 Å². The molecule has 4 aliphatic rings. The Balaban J connectivity index is 1.78. The molecule has 4 bridgehead atoms. The monoisotopic (exact) mass is 350 g/mol. The van der Waals surface area contributed by atoms with E-state index in [-0.39, 0.29) is 5.41 Å². The van der Waals surface area contributed by atoms with Crippen LogP contribution in [0.2, 0.25) is 0 Å². The SMILES string of the molecule is C=C(/C=C\C(=C/C)OC)C1(c2ccc(O)cc2)C2CC3CC(C2)CC1C3. The molecule has 138 valence electrons. The molecule has 0 unspecified atom stereocenters. The molecule has 2 heteroatoms. The van der Waals surface area contributed by atoms with Crippen molar-refractivity contribution in [2.45, 2.75) is 44.4 Å². The fourth-order valence-corrected chi connectivity index (χ4v) is 6.45. The van der Waals surface area contributed by atoms with Gasteiger partial charge in [-0.2, -0.15) is 0 Å². The summed E-state index contributed by atoms with van der Waals surface area (Å²) in [4.78, 5) is 0. The number of rotatable bonds is 5. The number of phenolic OH excluding ortho intramolecular Hbond substituents is 1. The van der Waals surface area contributed by atoms with Crippen molar-refractivity contribution in [3.8, 4) is 5.75 Å². The van der Waals surface area contributed by atoms with Gasteiger partial charge in [-0.05, 0) is 98.1 Å². The average molecular weight is 351 g/mol. The Labute approximate surface area is 157 Å². The van der Waals surface area contributed by atoms with Crippen molar-refractivity contribution in [2.75, 3.05) is 7.11 Å². The van der Waals surface area contributed by atoms with E-state index in [2.05, 4.69) is 30.9 Å². The Kier molecular flexibility index (Phi) is 4.46. The van der Waals surface area contributed by atoms with Crippen molar-refractivity contribution in [2.24, 2.45) is 23.7 Å². The summed E-state index contributed by atoms with van der Waals surface area (Å²) in [5.41, 5.74) is 2.54. The number of aromatic hydroxyl groups is 1. The molecular weight excluding hydrogens is 320 g/mol. The molecule has 26 heavy (non-hydrogen) atoms. The summed E-state index contributed by atoms with van der Waals surface area (Å²) in [7, 11) is 1.71. The molecule has 1 aromatic rings. The zero-order valence-corrected chi connectivity index (χ0v) is 15.9. The molecule has 0 saturated heterocycles. The molecule has 0 aliphatic heterocycles. The summed E-state index contributed by atoms with van der Waals surface area (Å²) in [6, 6.07) is 7.93. The second-order valence-corrected chi connectivity index (χ2v) is 8.47. The van der Waals surface area contributed by atoms with Crippen LogP contribution in [0.5, 0.6) is 5.75 Å². The van der Waals surface area contributed by atoms with Crippen LogP contribution in [0.1, 0.15) is 44.6 Å². The van der Waals surface area contributed by atoms with E-state index in [0.29, 0.717) is 17.6 Å². The molecule has 0 atom stereocenters. The minimum absolute atomic E-state index is 0.00418. The Morgan fingerprint density at radius 2 is 1.62 bits per heavy atom. The van der Waals surface area contributed by atoms with Crippen LogP contribution in [0.3, 0.4) is 0 Å². The van der Waals surface area contributed by atoms with E-state index >= 15 is 0 Å². The zero-order chi connectivity index (χ0) is 18.3. The lowest BCUT2D eigenvalue weighted by molar-refractivity contribution is -0.0420. The number of ether oxygens (including phenoxy) is 1. The summed E-state index contributed by atoms with van der Waals surface area (Å²) in [6.45, 7) is 6.57. The van der Waals surface area contributed by atoms with E-state index in [0.717, 1.165) is 17.6 Å². The average Bonchev–Trinajstić information content (AvgIpc) is 2.63. The van der Waals surface area contributed by atoms with Crippen LogP contribution in [0.4, 0.5) is 0 Å². The zero-order valence-electron chi connectivity index (χ0n) is 15.9. The third-order valence-corrected chi connectivity index (χ3v) is 7.27. The maximum absolute atomic E-state index is 9.81. The third kappa shape index (κ3) is 2.62. The summed E-state index contributed by atoms with van der Waals surface area (Å²) in [5, 5.41) is 9.81. The Morgan fingerprint density at radius 1 is 1.04 bits per heavy atom. The molecular formula is C24H30O2. The van der Waals surface area contributed by atoms with Crippen LogP contribution in [0, 0.1) is 23.7 Å². The highest BCUT2D eigenvalue weighted by Gasteiger charge is 2.58. The van der Waals surface area contributed by atoms with E-state index in [9.17, 15) is 5.11 Å². The maximum atomic E-state index is 9.81. The van der Waals surface area contributed by atoms with E-state index in [1.54, 1.807) is 7.11 Å². The van der Waals surface area contributed by atoms with Gasteiger partial charge in [0.2, 0.25) is 0 Å². The van der Waals surface area contributed by atoms with Crippen LogP contribution in [0.15, 0.2) is 60.4 Å².